The molecule has 0 saturated heterocycles. The van der Waals surface area contributed by atoms with E-state index in [1.807, 2.05) is 12.1 Å². The number of carbonyl (C=O) groups is 1. The Morgan fingerprint density at radius 3 is 2.19 bits per heavy atom. The van der Waals surface area contributed by atoms with Crippen molar-refractivity contribution in [1.82, 2.24) is 17.5 Å². The lowest BCUT2D eigenvalue weighted by Gasteiger charge is -2.04. The highest BCUT2D eigenvalue weighted by Crippen LogP contribution is 2.19. The van der Waals surface area contributed by atoms with Crippen LogP contribution in [0.25, 0.3) is 22.1 Å². The van der Waals surface area contributed by atoms with E-state index in [9.17, 15) is 4.79 Å². The first-order valence-electron chi connectivity index (χ1n) is 6.05. The SMILES string of the molecule is O=C(Nc1ccc2nsnc2c1)c1ccc2nsnc2c1. The van der Waals surface area contributed by atoms with Gasteiger partial charge in [0.25, 0.3) is 5.91 Å². The molecule has 0 spiro atoms. The summed E-state index contributed by atoms with van der Waals surface area (Å²) in [5.41, 5.74) is 4.37. The second kappa shape index (κ2) is 4.83. The molecule has 4 aromatic rings. The van der Waals surface area contributed by atoms with E-state index in [-0.39, 0.29) is 5.91 Å². The number of rotatable bonds is 2. The van der Waals surface area contributed by atoms with Crippen molar-refractivity contribution in [3.8, 4) is 0 Å². The fourth-order valence-corrected chi connectivity index (χ4v) is 3.02. The molecule has 0 aliphatic rings. The quantitative estimate of drug-likeness (QED) is 0.615. The van der Waals surface area contributed by atoms with Gasteiger partial charge in [0.1, 0.15) is 22.1 Å². The van der Waals surface area contributed by atoms with Crippen molar-refractivity contribution in [2.45, 2.75) is 0 Å². The molecule has 21 heavy (non-hydrogen) atoms. The Hall–Kier alpha value is -2.45. The molecule has 0 fully saturated rings. The Labute approximate surface area is 127 Å². The molecule has 6 nitrogen and oxygen atoms in total. The molecule has 0 aliphatic heterocycles. The molecule has 0 saturated carbocycles. The van der Waals surface area contributed by atoms with E-state index < -0.39 is 0 Å². The van der Waals surface area contributed by atoms with Crippen molar-refractivity contribution >= 4 is 57.1 Å². The van der Waals surface area contributed by atoms with E-state index in [4.69, 9.17) is 0 Å². The van der Waals surface area contributed by atoms with Crippen LogP contribution in [0.2, 0.25) is 0 Å². The summed E-state index contributed by atoms with van der Waals surface area (Å²) in [6, 6.07) is 10.7. The fourth-order valence-electron chi connectivity index (χ4n) is 1.99. The molecule has 2 aromatic heterocycles. The number of amides is 1. The summed E-state index contributed by atoms with van der Waals surface area (Å²) in [5.74, 6) is -0.188. The topological polar surface area (TPSA) is 80.7 Å². The summed E-state index contributed by atoms with van der Waals surface area (Å²) >= 11 is 2.29. The van der Waals surface area contributed by atoms with E-state index in [1.165, 1.54) is 0 Å². The minimum absolute atomic E-state index is 0.188. The third-order valence-corrected chi connectivity index (χ3v) is 4.14. The van der Waals surface area contributed by atoms with Gasteiger partial charge in [-0.05, 0) is 36.4 Å². The van der Waals surface area contributed by atoms with E-state index in [2.05, 4.69) is 22.8 Å². The van der Waals surface area contributed by atoms with Crippen LogP contribution in [0.3, 0.4) is 0 Å². The highest BCUT2D eigenvalue weighted by Gasteiger charge is 2.09. The minimum Gasteiger partial charge on any atom is -0.322 e. The summed E-state index contributed by atoms with van der Waals surface area (Å²) in [4.78, 5) is 12.3. The van der Waals surface area contributed by atoms with E-state index in [1.54, 1.807) is 24.3 Å². The fraction of sp³-hybridized carbons (Fsp3) is 0. The normalized spacial score (nSPS) is 11.0. The van der Waals surface area contributed by atoms with Gasteiger partial charge in [-0.25, -0.2) is 0 Å². The number of carbonyl (C=O) groups excluding carboxylic acids is 1. The molecule has 0 atom stereocenters. The van der Waals surface area contributed by atoms with Gasteiger partial charge in [-0.2, -0.15) is 17.5 Å². The molecule has 0 bridgehead atoms. The number of hydrogen-bond acceptors (Lipinski definition) is 7. The van der Waals surface area contributed by atoms with Crippen molar-refractivity contribution in [3.05, 3.63) is 42.0 Å². The number of anilines is 1. The Morgan fingerprint density at radius 1 is 0.810 bits per heavy atom. The average Bonchev–Trinajstić information content (AvgIpc) is 3.14. The number of nitrogens with zero attached hydrogens (tertiary/aromatic N) is 4. The average molecular weight is 313 g/mol. The van der Waals surface area contributed by atoms with Crippen LogP contribution in [0.15, 0.2) is 36.4 Å². The van der Waals surface area contributed by atoms with Crippen LogP contribution in [0, 0.1) is 0 Å². The predicted octanol–water partition coefficient (Wildman–Crippen LogP) is 2.95. The smallest absolute Gasteiger partial charge is 0.255 e. The van der Waals surface area contributed by atoms with Gasteiger partial charge in [0.05, 0.1) is 23.5 Å². The maximum Gasteiger partial charge on any atom is 0.255 e. The Morgan fingerprint density at radius 2 is 1.43 bits per heavy atom. The van der Waals surface area contributed by atoms with Crippen LogP contribution in [-0.4, -0.2) is 23.4 Å². The summed E-state index contributed by atoms with van der Waals surface area (Å²) in [6.45, 7) is 0. The van der Waals surface area contributed by atoms with Crippen LogP contribution in [0.1, 0.15) is 10.4 Å². The summed E-state index contributed by atoms with van der Waals surface area (Å²) in [6.07, 6.45) is 0. The number of nitrogens with one attached hydrogen (secondary N) is 1. The predicted molar refractivity (Wildman–Crippen MR) is 82.8 cm³/mol. The molecule has 1 amide bonds. The van der Waals surface area contributed by atoms with Crippen LogP contribution >= 0.6 is 23.5 Å². The zero-order valence-corrected chi connectivity index (χ0v) is 12.1. The Balaban J connectivity index is 1.64. The summed E-state index contributed by atoms with van der Waals surface area (Å²) in [5, 5.41) is 2.85. The lowest BCUT2D eigenvalue weighted by Crippen LogP contribution is -2.11. The first-order valence-corrected chi connectivity index (χ1v) is 7.52. The van der Waals surface area contributed by atoms with Crippen molar-refractivity contribution in [1.29, 1.82) is 0 Å². The molecule has 2 heterocycles. The number of fused-ring (bicyclic) bond motifs is 2. The van der Waals surface area contributed by atoms with Crippen molar-refractivity contribution in [2.24, 2.45) is 0 Å². The molecule has 2 aromatic carbocycles. The van der Waals surface area contributed by atoms with Crippen molar-refractivity contribution < 1.29 is 4.79 Å². The van der Waals surface area contributed by atoms with Crippen LogP contribution in [0.4, 0.5) is 5.69 Å². The number of benzene rings is 2. The van der Waals surface area contributed by atoms with Gasteiger partial charge in [0, 0.05) is 11.3 Å². The van der Waals surface area contributed by atoms with Gasteiger partial charge in [-0.3, -0.25) is 4.79 Å². The summed E-state index contributed by atoms with van der Waals surface area (Å²) in [7, 11) is 0. The van der Waals surface area contributed by atoms with E-state index in [0.29, 0.717) is 11.3 Å². The first-order chi connectivity index (χ1) is 10.3. The molecule has 0 aliphatic carbocycles. The molecule has 0 unspecified atom stereocenters. The zero-order chi connectivity index (χ0) is 14.2. The molecule has 4 rings (SSSR count). The standard InChI is InChI=1S/C13H7N5OS2/c19-13(7-1-3-9-11(5-7)17-20-15-9)14-8-2-4-10-12(6-8)18-21-16-10/h1-6H,(H,14,19). The van der Waals surface area contributed by atoms with E-state index in [0.717, 1.165) is 45.5 Å². The van der Waals surface area contributed by atoms with E-state index >= 15 is 0 Å². The van der Waals surface area contributed by atoms with Crippen molar-refractivity contribution in [2.75, 3.05) is 5.32 Å². The lowest BCUT2D eigenvalue weighted by molar-refractivity contribution is 0.102. The second-order valence-corrected chi connectivity index (χ2v) is 5.45. The maximum absolute atomic E-state index is 12.3. The number of hydrogen-bond donors (Lipinski definition) is 1. The zero-order valence-electron chi connectivity index (χ0n) is 10.5. The van der Waals surface area contributed by atoms with Gasteiger partial charge in [-0.1, -0.05) is 0 Å². The first kappa shape index (κ1) is 12.3. The largest absolute Gasteiger partial charge is 0.322 e. The molecule has 8 heteroatoms. The Kier molecular flexibility index (Phi) is 2.83. The third kappa shape index (κ3) is 2.24. The maximum atomic E-state index is 12.3. The van der Waals surface area contributed by atoms with Gasteiger partial charge >= 0.3 is 0 Å². The minimum atomic E-state index is -0.188. The molecule has 102 valence electrons. The van der Waals surface area contributed by atoms with Crippen LogP contribution in [0.5, 0.6) is 0 Å². The van der Waals surface area contributed by atoms with Gasteiger partial charge < -0.3 is 5.32 Å². The van der Waals surface area contributed by atoms with Gasteiger partial charge in [0.2, 0.25) is 0 Å². The van der Waals surface area contributed by atoms with Gasteiger partial charge in [0.15, 0.2) is 0 Å². The monoisotopic (exact) mass is 313 g/mol. The molecule has 1 N–H and O–H groups in total. The van der Waals surface area contributed by atoms with Gasteiger partial charge in [-0.15, -0.1) is 0 Å². The second-order valence-electron chi connectivity index (χ2n) is 4.39. The Bertz CT molecular complexity index is 961. The lowest BCUT2D eigenvalue weighted by atomic mass is 10.2. The highest BCUT2D eigenvalue weighted by molar-refractivity contribution is 7.00. The van der Waals surface area contributed by atoms with Crippen LogP contribution < -0.4 is 5.32 Å². The molecular formula is C13H7N5OS2. The molecular weight excluding hydrogens is 306 g/mol. The highest BCUT2D eigenvalue weighted by atomic mass is 32.1. The van der Waals surface area contributed by atoms with Crippen LogP contribution in [-0.2, 0) is 0 Å². The third-order valence-electron chi connectivity index (χ3n) is 3.03. The molecule has 0 radical (unpaired) electrons. The summed E-state index contributed by atoms with van der Waals surface area (Å²) < 4.78 is 16.5. The van der Waals surface area contributed by atoms with Crippen molar-refractivity contribution in [3.63, 3.8) is 0 Å². The number of aromatic nitrogens is 4.